The van der Waals surface area contributed by atoms with Gasteiger partial charge in [-0.15, -0.1) is 11.3 Å². The molecule has 0 bridgehead atoms. The second-order valence-corrected chi connectivity index (χ2v) is 4.83. The molecule has 0 spiro atoms. The van der Waals surface area contributed by atoms with E-state index < -0.39 is 0 Å². The SMILES string of the molecule is CC(C)c1nc(C=O)c(Br)s1. The lowest BCUT2D eigenvalue weighted by atomic mass is 10.2. The van der Waals surface area contributed by atoms with Gasteiger partial charge >= 0.3 is 0 Å². The summed E-state index contributed by atoms with van der Waals surface area (Å²) in [6, 6.07) is 0. The number of nitrogens with zero attached hydrogens (tertiary/aromatic N) is 1. The Kier molecular flexibility index (Phi) is 2.78. The molecule has 0 saturated carbocycles. The second kappa shape index (κ2) is 3.45. The monoisotopic (exact) mass is 233 g/mol. The van der Waals surface area contributed by atoms with Crippen LogP contribution in [0.3, 0.4) is 0 Å². The molecule has 1 rings (SSSR count). The molecule has 0 radical (unpaired) electrons. The number of rotatable bonds is 2. The quantitative estimate of drug-likeness (QED) is 0.736. The highest BCUT2D eigenvalue weighted by Crippen LogP contribution is 2.28. The van der Waals surface area contributed by atoms with Crippen LogP contribution in [0.4, 0.5) is 0 Å². The van der Waals surface area contributed by atoms with Crippen LogP contribution in [0.25, 0.3) is 0 Å². The van der Waals surface area contributed by atoms with E-state index in [1.807, 2.05) is 0 Å². The Hall–Kier alpha value is -0.220. The molecule has 0 unspecified atom stereocenters. The highest BCUT2D eigenvalue weighted by atomic mass is 79.9. The highest BCUT2D eigenvalue weighted by molar-refractivity contribution is 9.11. The van der Waals surface area contributed by atoms with Crippen LogP contribution in [0.1, 0.15) is 35.3 Å². The van der Waals surface area contributed by atoms with Crippen molar-refractivity contribution in [3.63, 3.8) is 0 Å². The first-order chi connectivity index (χ1) is 5.15. The van der Waals surface area contributed by atoms with E-state index >= 15 is 0 Å². The molecule has 0 fully saturated rings. The van der Waals surface area contributed by atoms with Crippen LogP contribution in [0.2, 0.25) is 0 Å². The normalized spacial score (nSPS) is 10.5. The van der Waals surface area contributed by atoms with Crippen molar-refractivity contribution >= 4 is 33.6 Å². The predicted molar refractivity (Wildman–Crippen MR) is 49.3 cm³/mol. The van der Waals surface area contributed by atoms with Crippen LogP contribution in [-0.2, 0) is 0 Å². The minimum absolute atomic E-state index is 0.394. The predicted octanol–water partition coefficient (Wildman–Crippen LogP) is 2.84. The molecule has 0 saturated heterocycles. The molecule has 1 aromatic rings. The lowest BCUT2D eigenvalue weighted by Gasteiger charge is -1.94. The molecular weight excluding hydrogens is 226 g/mol. The molecular formula is C7H8BrNOS. The fourth-order valence-corrected chi connectivity index (χ4v) is 2.09. The van der Waals surface area contributed by atoms with Gasteiger partial charge in [0.05, 0.1) is 5.01 Å². The summed E-state index contributed by atoms with van der Waals surface area (Å²) in [5, 5.41) is 0.999. The van der Waals surface area contributed by atoms with E-state index in [0.717, 1.165) is 15.1 Å². The Morgan fingerprint density at radius 1 is 1.64 bits per heavy atom. The van der Waals surface area contributed by atoms with Gasteiger partial charge in [0, 0.05) is 5.92 Å². The van der Waals surface area contributed by atoms with E-state index in [4.69, 9.17) is 0 Å². The molecule has 0 amide bonds. The molecule has 1 aromatic heterocycles. The molecule has 0 aliphatic carbocycles. The smallest absolute Gasteiger partial charge is 0.170 e. The first-order valence-electron chi connectivity index (χ1n) is 3.26. The largest absolute Gasteiger partial charge is 0.296 e. The van der Waals surface area contributed by atoms with Crippen LogP contribution < -0.4 is 0 Å². The van der Waals surface area contributed by atoms with Gasteiger partial charge in [0.1, 0.15) is 9.48 Å². The number of thiazole rings is 1. The van der Waals surface area contributed by atoms with Crippen molar-refractivity contribution in [1.82, 2.24) is 4.98 Å². The number of aromatic nitrogens is 1. The third-order valence-electron chi connectivity index (χ3n) is 1.23. The lowest BCUT2D eigenvalue weighted by molar-refractivity contribution is 0.111. The van der Waals surface area contributed by atoms with Gasteiger partial charge < -0.3 is 0 Å². The number of hydrogen-bond acceptors (Lipinski definition) is 3. The van der Waals surface area contributed by atoms with E-state index in [9.17, 15) is 4.79 Å². The summed E-state index contributed by atoms with van der Waals surface area (Å²) in [5.74, 6) is 0.394. The summed E-state index contributed by atoms with van der Waals surface area (Å²) < 4.78 is 0.830. The van der Waals surface area contributed by atoms with Crippen molar-refractivity contribution in [3.05, 3.63) is 14.5 Å². The third-order valence-corrected chi connectivity index (χ3v) is 3.28. The molecule has 0 atom stereocenters. The minimum Gasteiger partial charge on any atom is -0.296 e. The Morgan fingerprint density at radius 3 is 2.55 bits per heavy atom. The third kappa shape index (κ3) is 1.87. The van der Waals surface area contributed by atoms with Crippen LogP contribution in [0.5, 0.6) is 0 Å². The van der Waals surface area contributed by atoms with Crippen LogP contribution in [0, 0.1) is 0 Å². The van der Waals surface area contributed by atoms with Crippen molar-refractivity contribution in [1.29, 1.82) is 0 Å². The number of carbonyl (C=O) groups excluding carboxylic acids is 1. The topological polar surface area (TPSA) is 30.0 Å². The fourth-order valence-electron chi connectivity index (χ4n) is 0.649. The van der Waals surface area contributed by atoms with Crippen molar-refractivity contribution < 1.29 is 4.79 Å². The van der Waals surface area contributed by atoms with Crippen LogP contribution >= 0.6 is 27.3 Å². The van der Waals surface area contributed by atoms with Crippen LogP contribution in [-0.4, -0.2) is 11.3 Å². The average molecular weight is 234 g/mol. The maximum absolute atomic E-state index is 10.4. The number of carbonyl (C=O) groups is 1. The molecule has 0 aliphatic rings. The summed E-state index contributed by atoms with van der Waals surface area (Å²) in [6.07, 6.45) is 0.770. The first kappa shape index (κ1) is 8.87. The zero-order valence-electron chi connectivity index (χ0n) is 6.30. The molecule has 60 valence electrons. The standard InChI is InChI=1S/C7H8BrNOS/c1-4(2)7-9-5(3-10)6(8)11-7/h3-4H,1-2H3. The Bertz CT molecular complexity index is 269. The maximum atomic E-state index is 10.4. The van der Waals surface area contributed by atoms with Crippen LogP contribution in [0.15, 0.2) is 3.79 Å². The summed E-state index contributed by atoms with van der Waals surface area (Å²) in [4.78, 5) is 14.5. The highest BCUT2D eigenvalue weighted by Gasteiger charge is 2.09. The summed E-state index contributed by atoms with van der Waals surface area (Å²) in [5.41, 5.74) is 0.513. The Morgan fingerprint density at radius 2 is 2.27 bits per heavy atom. The minimum atomic E-state index is 0.394. The Labute approximate surface area is 77.8 Å². The van der Waals surface area contributed by atoms with Crippen molar-refractivity contribution in [3.8, 4) is 0 Å². The van der Waals surface area contributed by atoms with E-state index in [0.29, 0.717) is 11.6 Å². The molecule has 0 aliphatic heterocycles. The van der Waals surface area contributed by atoms with Gasteiger partial charge in [-0.1, -0.05) is 13.8 Å². The zero-order valence-corrected chi connectivity index (χ0v) is 8.70. The summed E-state index contributed by atoms with van der Waals surface area (Å²) in [6.45, 7) is 4.11. The molecule has 2 nitrogen and oxygen atoms in total. The van der Waals surface area contributed by atoms with Gasteiger partial charge in [-0.05, 0) is 15.9 Å². The summed E-state index contributed by atoms with van der Waals surface area (Å²) >= 11 is 4.79. The number of halogens is 1. The van der Waals surface area contributed by atoms with E-state index in [1.165, 1.54) is 11.3 Å². The van der Waals surface area contributed by atoms with E-state index in [1.54, 1.807) is 0 Å². The molecule has 1 heterocycles. The van der Waals surface area contributed by atoms with Gasteiger partial charge in [0.15, 0.2) is 6.29 Å². The molecule has 0 aromatic carbocycles. The maximum Gasteiger partial charge on any atom is 0.170 e. The van der Waals surface area contributed by atoms with Gasteiger partial charge in [-0.3, -0.25) is 4.79 Å². The second-order valence-electron chi connectivity index (χ2n) is 2.48. The van der Waals surface area contributed by atoms with Gasteiger partial charge in [-0.2, -0.15) is 0 Å². The van der Waals surface area contributed by atoms with Crippen molar-refractivity contribution in [2.75, 3.05) is 0 Å². The van der Waals surface area contributed by atoms with Gasteiger partial charge in [0.2, 0.25) is 0 Å². The van der Waals surface area contributed by atoms with Crippen molar-refractivity contribution in [2.24, 2.45) is 0 Å². The van der Waals surface area contributed by atoms with Gasteiger partial charge in [-0.25, -0.2) is 4.98 Å². The summed E-state index contributed by atoms with van der Waals surface area (Å²) in [7, 11) is 0. The molecule has 11 heavy (non-hydrogen) atoms. The molecule has 4 heteroatoms. The Balaban J connectivity index is 3.04. The van der Waals surface area contributed by atoms with E-state index in [2.05, 4.69) is 34.8 Å². The fraction of sp³-hybridized carbons (Fsp3) is 0.429. The van der Waals surface area contributed by atoms with Gasteiger partial charge in [0.25, 0.3) is 0 Å². The lowest BCUT2D eigenvalue weighted by Crippen LogP contribution is -1.86. The van der Waals surface area contributed by atoms with E-state index in [-0.39, 0.29) is 0 Å². The average Bonchev–Trinajstić information content (AvgIpc) is 2.31. The zero-order chi connectivity index (χ0) is 8.43. The first-order valence-corrected chi connectivity index (χ1v) is 4.87. The number of aldehydes is 1. The molecule has 0 N–H and O–H groups in total. The number of hydrogen-bond donors (Lipinski definition) is 0. The van der Waals surface area contributed by atoms with Crippen molar-refractivity contribution in [2.45, 2.75) is 19.8 Å².